The van der Waals surface area contributed by atoms with Crippen molar-refractivity contribution in [3.63, 3.8) is 0 Å². The molecule has 1 saturated heterocycles. The lowest BCUT2D eigenvalue weighted by molar-refractivity contribution is -0.160. The molecular formula is C36H42FN5O5. The summed E-state index contributed by atoms with van der Waals surface area (Å²) in [7, 11) is 0. The standard InChI is InChI=1S/C36H42FN5O5/c1-22-25-12-9-19-46-32(25)27(37)20-26(22)31-30(33(35(44)45)47-36(3,4)5)23(2)38-29-21-28(39-42(29)31)34(43)41-17-15-40(16-18-41)14-13-24-10-7-6-8-11-24/h6-8,10-11,20-21,33H,9,12-19H2,1-5H3,(H,44,45)/t33-/m0/s1. The van der Waals surface area contributed by atoms with Gasteiger partial charge < -0.3 is 19.5 Å². The minimum Gasteiger partial charge on any atom is -0.490 e. The number of hydrogen-bond donors (Lipinski definition) is 1. The summed E-state index contributed by atoms with van der Waals surface area (Å²) < 4.78 is 28.9. The summed E-state index contributed by atoms with van der Waals surface area (Å²) in [5.41, 5.74) is 3.94. The van der Waals surface area contributed by atoms with Gasteiger partial charge in [-0.15, -0.1) is 0 Å². The van der Waals surface area contributed by atoms with Crippen LogP contribution in [0.2, 0.25) is 0 Å². The highest BCUT2D eigenvalue weighted by molar-refractivity contribution is 5.94. The van der Waals surface area contributed by atoms with Crippen molar-refractivity contribution in [2.45, 2.75) is 65.6 Å². The molecule has 0 spiro atoms. The number of nitrogens with zero attached hydrogens (tertiary/aromatic N) is 5. The average molecular weight is 644 g/mol. The van der Waals surface area contributed by atoms with Crippen LogP contribution in [0.15, 0.2) is 42.5 Å². The van der Waals surface area contributed by atoms with Crippen LogP contribution in [0.5, 0.6) is 5.75 Å². The number of carbonyl (C=O) groups is 2. The van der Waals surface area contributed by atoms with Crippen LogP contribution in [0.3, 0.4) is 0 Å². The molecule has 1 atom stereocenters. The number of aryl methyl sites for hydroxylation is 1. The lowest BCUT2D eigenvalue weighted by Crippen LogP contribution is -2.49. The number of carboxylic acid groups (broad SMARTS) is 1. The van der Waals surface area contributed by atoms with E-state index in [4.69, 9.17) is 19.6 Å². The molecule has 0 radical (unpaired) electrons. The van der Waals surface area contributed by atoms with Crippen LogP contribution >= 0.6 is 0 Å². The van der Waals surface area contributed by atoms with E-state index in [-0.39, 0.29) is 22.9 Å². The van der Waals surface area contributed by atoms with Crippen molar-refractivity contribution < 1.29 is 28.6 Å². The summed E-state index contributed by atoms with van der Waals surface area (Å²) in [5, 5.41) is 15.1. The Labute approximate surface area is 274 Å². The van der Waals surface area contributed by atoms with Crippen LogP contribution in [0.25, 0.3) is 16.9 Å². The lowest BCUT2D eigenvalue weighted by atomic mass is 9.91. The molecule has 2 aliphatic rings. The van der Waals surface area contributed by atoms with Crippen molar-refractivity contribution in [1.29, 1.82) is 0 Å². The minimum absolute atomic E-state index is 0.191. The predicted molar refractivity (Wildman–Crippen MR) is 175 cm³/mol. The number of aliphatic carboxylic acids is 1. The molecular weight excluding hydrogens is 601 g/mol. The minimum atomic E-state index is -1.43. The molecule has 10 nitrogen and oxygen atoms in total. The Morgan fingerprint density at radius 1 is 1.09 bits per heavy atom. The second-order valence-corrected chi connectivity index (χ2v) is 13.4. The molecule has 0 aliphatic carbocycles. The number of carboxylic acids is 1. The molecule has 2 aromatic carbocycles. The lowest BCUT2D eigenvalue weighted by Gasteiger charge is -2.34. The second-order valence-electron chi connectivity index (χ2n) is 13.4. The maximum Gasteiger partial charge on any atom is 0.337 e. The summed E-state index contributed by atoms with van der Waals surface area (Å²) in [6.45, 7) is 12.9. The van der Waals surface area contributed by atoms with Crippen LogP contribution in [0, 0.1) is 19.7 Å². The fourth-order valence-electron chi connectivity index (χ4n) is 6.57. The first-order valence-electron chi connectivity index (χ1n) is 16.2. The van der Waals surface area contributed by atoms with Gasteiger partial charge in [-0.05, 0) is 71.1 Å². The number of amides is 1. The number of halogens is 1. The first kappa shape index (κ1) is 32.6. The third kappa shape index (κ3) is 6.73. The highest BCUT2D eigenvalue weighted by atomic mass is 19.1. The van der Waals surface area contributed by atoms with E-state index in [9.17, 15) is 14.7 Å². The molecule has 2 aliphatic heterocycles. The van der Waals surface area contributed by atoms with E-state index in [1.165, 1.54) is 16.1 Å². The van der Waals surface area contributed by atoms with Gasteiger partial charge in [0.05, 0.1) is 17.9 Å². The monoisotopic (exact) mass is 643 g/mol. The van der Waals surface area contributed by atoms with E-state index >= 15 is 4.39 Å². The van der Waals surface area contributed by atoms with E-state index in [1.807, 2.05) is 25.1 Å². The van der Waals surface area contributed by atoms with Crippen LogP contribution in [0.4, 0.5) is 4.39 Å². The van der Waals surface area contributed by atoms with Gasteiger partial charge in [0.2, 0.25) is 0 Å². The Bertz CT molecular complexity index is 1810. The molecule has 1 fully saturated rings. The topological polar surface area (TPSA) is 110 Å². The van der Waals surface area contributed by atoms with Crippen molar-refractivity contribution in [3.05, 3.63) is 81.9 Å². The third-order valence-electron chi connectivity index (χ3n) is 8.92. The van der Waals surface area contributed by atoms with Crippen LogP contribution < -0.4 is 4.74 Å². The summed E-state index contributed by atoms with van der Waals surface area (Å²) in [5.74, 6) is -1.75. The highest BCUT2D eigenvalue weighted by Crippen LogP contribution is 2.41. The van der Waals surface area contributed by atoms with E-state index in [1.54, 1.807) is 38.7 Å². The number of piperazine rings is 1. The zero-order valence-electron chi connectivity index (χ0n) is 27.7. The first-order chi connectivity index (χ1) is 22.4. The molecule has 2 aromatic heterocycles. The van der Waals surface area contributed by atoms with Gasteiger partial charge >= 0.3 is 5.97 Å². The van der Waals surface area contributed by atoms with Gasteiger partial charge in [0.25, 0.3) is 5.91 Å². The van der Waals surface area contributed by atoms with Crippen molar-refractivity contribution in [3.8, 4) is 17.0 Å². The van der Waals surface area contributed by atoms with Crippen molar-refractivity contribution in [1.82, 2.24) is 24.4 Å². The molecule has 4 aromatic rings. The number of aromatic nitrogens is 3. The fraction of sp³-hybridized carbons (Fsp3) is 0.444. The quantitative estimate of drug-likeness (QED) is 0.271. The summed E-state index contributed by atoms with van der Waals surface area (Å²) in [6.07, 6.45) is 0.876. The molecule has 1 N–H and O–H groups in total. The largest absolute Gasteiger partial charge is 0.490 e. The zero-order valence-corrected chi connectivity index (χ0v) is 27.7. The van der Waals surface area contributed by atoms with Crippen LogP contribution in [-0.4, -0.2) is 86.3 Å². The molecule has 0 bridgehead atoms. The Balaban J connectivity index is 1.38. The average Bonchev–Trinajstić information content (AvgIpc) is 3.47. The molecule has 47 heavy (non-hydrogen) atoms. The van der Waals surface area contributed by atoms with E-state index < -0.39 is 23.5 Å². The van der Waals surface area contributed by atoms with Crippen molar-refractivity contribution >= 4 is 17.5 Å². The van der Waals surface area contributed by atoms with E-state index in [0.29, 0.717) is 48.7 Å². The zero-order chi connectivity index (χ0) is 33.5. The molecule has 248 valence electrons. The molecule has 0 saturated carbocycles. The summed E-state index contributed by atoms with van der Waals surface area (Å²) in [6, 6.07) is 13.3. The highest BCUT2D eigenvalue weighted by Gasteiger charge is 2.35. The van der Waals surface area contributed by atoms with Crippen LogP contribution in [0.1, 0.15) is 71.7 Å². The number of rotatable bonds is 8. The molecule has 0 unspecified atom stereocenters. The maximum atomic E-state index is 15.6. The van der Waals surface area contributed by atoms with Gasteiger partial charge in [0.15, 0.2) is 29.0 Å². The number of ether oxygens (including phenoxy) is 2. The van der Waals surface area contributed by atoms with Gasteiger partial charge in [0, 0.05) is 61.2 Å². The Morgan fingerprint density at radius 2 is 1.81 bits per heavy atom. The van der Waals surface area contributed by atoms with Gasteiger partial charge in [-0.25, -0.2) is 18.7 Å². The van der Waals surface area contributed by atoms with Gasteiger partial charge in [-0.3, -0.25) is 9.69 Å². The second kappa shape index (κ2) is 13.0. The van der Waals surface area contributed by atoms with Crippen molar-refractivity contribution in [2.75, 3.05) is 39.3 Å². The fourth-order valence-corrected chi connectivity index (χ4v) is 6.57. The number of fused-ring (bicyclic) bond motifs is 2. The molecule has 11 heteroatoms. The van der Waals surface area contributed by atoms with Crippen molar-refractivity contribution in [2.24, 2.45) is 0 Å². The Morgan fingerprint density at radius 3 is 2.49 bits per heavy atom. The number of hydrogen-bond acceptors (Lipinski definition) is 7. The maximum absolute atomic E-state index is 15.6. The predicted octanol–water partition coefficient (Wildman–Crippen LogP) is 5.42. The van der Waals surface area contributed by atoms with E-state index in [0.717, 1.165) is 43.6 Å². The number of carbonyl (C=O) groups excluding carboxylic acids is 1. The SMILES string of the molecule is Cc1nc2cc(C(=O)N3CCN(CCc4ccccc4)CC3)nn2c(-c2cc(F)c3c(c2C)CCCO3)c1[C@H](OC(C)(C)C)C(=O)O. The number of benzene rings is 2. The Hall–Kier alpha value is -4.35. The summed E-state index contributed by atoms with van der Waals surface area (Å²) >= 11 is 0. The third-order valence-corrected chi connectivity index (χ3v) is 8.92. The van der Waals surface area contributed by atoms with E-state index in [2.05, 4.69) is 17.0 Å². The molecule has 1 amide bonds. The Kier molecular flexibility index (Phi) is 9.04. The van der Waals surface area contributed by atoms with Crippen LogP contribution in [-0.2, 0) is 22.4 Å². The molecule has 4 heterocycles. The molecule has 6 rings (SSSR count). The first-order valence-corrected chi connectivity index (χ1v) is 16.2. The van der Waals surface area contributed by atoms with Gasteiger partial charge in [-0.2, -0.15) is 5.10 Å². The van der Waals surface area contributed by atoms with Gasteiger partial charge in [0.1, 0.15) is 0 Å². The normalized spacial score (nSPS) is 16.2. The van der Waals surface area contributed by atoms with Gasteiger partial charge in [-0.1, -0.05) is 30.3 Å². The summed E-state index contributed by atoms with van der Waals surface area (Å²) in [4.78, 5) is 35.4. The smallest absolute Gasteiger partial charge is 0.337 e.